The van der Waals surface area contributed by atoms with Crippen molar-refractivity contribution in [3.8, 4) is 0 Å². The third-order valence-corrected chi connectivity index (χ3v) is 4.88. The third-order valence-electron chi connectivity index (χ3n) is 3.65. The Hall–Kier alpha value is -1.27. The Kier molecular flexibility index (Phi) is 5.11. The van der Waals surface area contributed by atoms with E-state index in [4.69, 9.17) is 11.6 Å². The highest BCUT2D eigenvalue weighted by atomic mass is 79.9. The van der Waals surface area contributed by atoms with E-state index in [1.165, 1.54) is 0 Å². The zero-order valence-corrected chi connectivity index (χ0v) is 13.6. The predicted molar refractivity (Wildman–Crippen MR) is 84.8 cm³/mol. The van der Waals surface area contributed by atoms with Gasteiger partial charge in [0.1, 0.15) is 5.54 Å². The summed E-state index contributed by atoms with van der Waals surface area (Å²) in [7, 11) is 0. The molecule has 5 nitrogen and oxygen atoms in total. The number of nitrogens with one attached hydrogen (secondary N) is 2. The van der Waals surface area contributed by atoms with Crippen LogP contribution in [0.4, 0.5) is 10.5 Å². The van der Waals surface area contributed by atoms with Crippen LogP contribution in [0.1, 0.15) is 32.1 Å². The summed E-state index contributed by atoms with van der Waals surface area (Å²) in [5.74, 6) is -0.980. The minimum atomic E-state index is -1.17. The molecule has 0 aliphatic heterocycles. The van der Waals surface area contributed by atoms with Crippen molar-refractivity contribution in [3.05, 3.63) is 27.7 Å². The summed E-state index contributed by atoms with van der Waals surface area (Å²) in [4.78, 5) is 23.5. The second-order valence-electron chi connectivity index (χ2n) is 5.16. The van der Waals surface area contributed by atoms with Crippen LogP contribution in [0.25, 0.3) is 0 Å². The molecule has 0 spiro atoms. The van der Waals surface area contributed by atoms with Gasteiger partial charge in [-0.2, -0.15) is 0 Å². The highest BCUT2D eigenvalue weighted by molar-refractivity contribution is 9.10. The lowest BCUT2D eigenvalue weighted by atomic mass is 9.82. The SMILES string of the molecule is O=C(Nc1ccc(Br)c(Cl)c1)NC1(C(=O)O)CCCCC1. The second kappa shape index (κ2) is 6.66. The Morgan fingerprint density at radius 1 is 1.24 bits per heavy atom. The van der Waals surface area contributed by atoms with Crippen molar-refractivity contribution in [1.29, 1.82) is 0 Å². The van der Waals surface area contributed by atoms with Gasteiger partial charge >= 0.3 is 12.0 Å². The summed E-state index contributed by atoms with van der Waals surface area (Å²) in [6.07, 6.45) is 3.52. The van der Waals surface area contributed by atoms with Crippen LogP contribution in [-0.2, 0) is 4.79 Å². The fourth-order valence-corrected chi connectivity index (χ4v) is 2.93. The molecular weight excluding hydrogens is 360 g/mol. The third kappa shape index (κ3) is 3.89. The average Bonchev–Trinajstić information content (AvgIpc) is 2.43. The number of amides is 2. The van der Waals surface area contributed by atoms with Gasteiger partial charge in [0.2, 0.25) is 0 Å². The minimum Gasteiger partial charge on any atom is -0.480 e. The Morgan fingerprint density at radius 2 is 1.90 bits per heavy atom. The lowest BCUT2D eigenvalue weighted by Gasteiger charge is -2.33. The molecular formula is C14H16BrClN2O3. The molecule has 114 valence electrons. The number of anilines is 1. The molecule has 0 unspecified atom stereocenters. The van der Waals surface area contributed by atoms with Gasteiger partial charge in [0.05, 0.1) is 5.02 Å². The molecule has 0 heterocycles. The molecule has 0 aromatic heterocycles. The quantitative estimate of drug-likeness (QED) is 0.747. The van der Waals surface area contributed by atoms with Crippen molar-refractivity contribution >= 4 is 45.2 Å². The van der Waals surface area contributed by atoms with E-state index in [-0.39, 0.29) is 0 Å². The topological polar surface area (TPSA) is 78.4 Å². The number of benzene rings is 1. The molecule has 1 saturated carbocycles. The van der Waals surface area contributed by atoms with Crippen LogP contribution < -0.4 is 10.6 Å². The highest BCUT2D eigenvalue weighted by Gasteiger charge is 2.40. The standard InChI is InChI=1S/C14H16BrClN2O3/c15-10-5-4-9(8-11(10)16)17-13(21)18-14(12(19)20)6-2-1-3-7-14/h4-5,8H,1-3,6-7H2,(H,19,20)(H2,17,18,21). The van der Waals surface area contributed by atoms with Crippen molar-refractivity contribution in [2.45, 2.75) is 37.6 Å². The summed E-state index contributed by atoms with van der Waals surface area (Å²) >= 11 is 9.22. The van der Waals surface area contributed by atoms with Gasteiger partial charge in [0.25, 0.3) is 0 Å². The van der Waals surface area contributed by atoms with Crippen molar-refractivity contribution in [3.63, 3.8) is 0 Å². The summed E-state index contributed by atoms with van der Waals surface area (Å²) in [5.41, 5.74) is -0.654. The number of carbonyl (C=O) groups excluding carboxylic acids is 1. The average molecular weight is 376 g/mol. The van der Waals surface area contributed by atoms with Crippen LogP contribution in [0.15, 0.2) is 22.7 Å². The van der Waals surface area contributed by atoms with Crippen LogP contribution in [0.2, 0.25) is 5.02 Å². The predicted octanol–water partition coefficient (Wildman–Crippen LogP) is 4.01. The van der Waals surface area contributed by atoms with Crippen LogP contribution in [0.5, 0.6) is 0 Å². The molecule has 1 aliphatic rings. The van der Waals surface area contributed by atoms with E-state index in [0.29, 0.717) is 23.6 Å². The maximum atomic E-state index is 12.0. The number of carboxylic acid groups (broad SMARTS) is 1. The summed E-state index contributed by atoms with van der Waals surface area (Å²) < 4.78 is 0.726. The molecule has 1 aliphatic carbocycles. The van der Waals surface area contributed by atoms with Crippen molar-refractivity contribution < 1.29 is 14.7 Å². The molecule has 0 atom stereocenters. The lowest BCUT2D eigenvalue weighted by Crippen LogP contribution is -2.56. The van der Waals surface area contributed by atoms with Crippen LogP contribution in [0.3, 0.4) is 0 Å². The van der Waals surface area contributed by atoms with Crippen LogP contribution in [0, 0.1) is 0 Å². The van der Waals surface area contributed by atoms with Gasteiger partial charge in [-0.1, -0.05) is 30.9 Å². The van der Waals surface area contributed by atoms with E-state index in [1.807, 2.05) is 0 Å². The lowest BCUT2D eigenvalue weighted by molar-refractivity contribution is -0.145. The molecule has 0 saturated heterocycles. The fraction of sp³-hybridized carbons (Fsp3) is 0.429. The molecule has 21 heavy (non-hydrogen) atoms. The first-order valence-electron chi connectivity index (χ1n) is 6.70. The Bertz CT molecular complexity index is 559. The summed E-state index contributed by atoms with van der Waals surface area (Å²) in [6, 6.07) is 4.47. The summed E-state index contributed by atoms with van der Waals surface area (Å²) in [5, 5.41) is 15.1. The number of urea groups is 1. The van der Waals surface area contributed by atoms with E-state index in [1.54, 1.807) is 18.2 Å². The number of rotatable bonds is 3. The largest absolute Gasteiger partial charge is 0.480 e. The van der Waals surface area contributed by atoms with E-state index < -0.39 is 17.5 Å². The molecule has 7 heteroatoms. The van der Waals surface area contributed by atoms with Gasteiger partial charge in [-0.15, -0.1) is 0 Å². The molecule has 1 aromatic rings. The normalized spacial score (nSPS) is 17.0. The first-order valence-corrected chi connectivity index (χ1v) is 7.88. The molecule has 3 N–H and O–H groups in total. The Labute approximate surface area is 136 Å². The molecule has 1 fully saturated rings. The molecule has 2 rings (SSSR count). The molecule has 2 amide bonds. The number of hydrogen-bond acceptors (Lipinski definition) is 2. The monoisotopic (exact) mass is 374 g/mol. The number of carboxylic acids is 1. The first kappa shape index (κ1) is 16.1. The Balaban J connectivity index is 2.05. The van der Waals surface area contributed by atoms with Gasteiger partial charge in [-0.25, -0.2) is 9.59 Å². The van der Waals surface area contributed by atoms with Gasteiger partial charge < -0.3 is 15.7 Å². The van der Waals surface area contributed by atoms with Crippen LogP contribution in [-0.4, -0.2) is 22.6 Å². The molecule has 0 radical (unpaired) electrons. The van der Waals surface area contributed by atoms with E-state index in [0.717, 1.165) is 23.7 Å². The fourth-order valence-electron chi connectivity index (χ4n) is 2.50. The van der Waals surface area contributed by atoms with Crippen LogP contribution >= 0.6 is 27.5 Å². The number of halogens is 2. The minimum absolute atomic E-state index is 0.455. The number of hydrogen-bond donors (Lipinski definition) is 3. The second-order valence-corrected chi connectivity index (χ2v) is 6.42. The van der Waals surface area contributed by atoms with Crippen molar-refractivity contribution in [1.82, 2.24) is 5.32 Å². The van der Waals surface area contributed by atoms with Crippen molar-refractivity contribution in [2.75, 3.05) is 5.32 Å². The Morgan fingerprint density at radius 3 is 2.48 bits per heavy atom. The van der Waals surface area contributed by atoms with Crippen molar-refractivity contribution in [2.24, 2.45) is 0 Å². The zero-order chi connectivity index (χ0) is 15.5. The molecule has 1 aromatic carbocycles. The smallest absolute Gasteiger partial charge is 0.329 e. The van der Waals surface area contributed by atoms with E-state index >= 15 is 0 Å². The zero-order valence-electron chi connectivity index (χ0n) is 11.3. The number of carbonyl (C=O) groups is 2. The van der Waals surface area contributed by atoms with Gasteiger partial charge in [0.15, 0.2) is 0 Å². The molecule has 0 bridgehead atoms. The van der Waals surface area contributed by atoms with E-state index in [2.05, 4.69) is 26.6 Å². The van der Waals surface area contributed by atoms with E-state index in [9.17, 15) is 14.7 Å². The summed E-state index contributed by atoms with van der Waals surface area (Å²) in [6.45, 7) is 0. The van der Waals surface area contributed by atoms with Gasteiger partial charge in [0, 0.05) is 10.2 Å². The maximum Gasteiger partial charge on any atom is 0.329 e. The first-order chi connectivity index (χ1) is 9.93. The maximum absolute atomic E-state index is 12.0. The van der Waals surface area contributed by atoms with Gasteiger partial charge in [-0.3, -0.25) is 0 Å². The van der Waals surface area contributed by atoms with Gasteiger partial charge in [-0.05, 0) is 47.0 Å². The highest BCUT2D eigenvalue weighted by Crippen LogP contribution is 2.29. The number of aliphatic carboxylic acids is 1.